The molecule has 0 radical (unpaired) electrons. The molecule has 0 spiro atoms. The van der Waals surface area contributed by atoms with E-state index >= 15 is 0 Å². The van der Waals surface area contributed by atoms with Gasteiger partial charge in [-0.05, 0) is 24.3 Å². The Hall–Kier alpha value is -6.25. The van der Waals surface area contributed by atoms with Gasteiger partial charge in [-0.3, -0.25) is 13.7 Å². The summed E-state index contributed by atoms with van der Waals surface area (Å²) >= 11 is 0. The van der Waals surface area contributed by atoms with E-state index in [4.69, 9.17) is 5.73 Å². The van der Waals surface area contributed by atoms with Gasteiger partial charge >= 0.3 is 0 Å². The summed E-state index contributed by atoms with van der Waals surface area (Å²) in [6, 6.07) is 2.70. The molecular formula is C16H19Mt3N7O11S4. The zero-order chi connectivity index (χ0) is 28.7. The van der Waals surface area contributed by atoms with Crippen LogP contribution in [-0.4, -0.2) is 81.6 Å². The number of sulfonamides is 1. The number of anilines is 4. The van der Waals surface area contributed by atoms with E-state index in [1.165, 1.54) is 0 Å². The van der Waals surface area contributed by atoms with Crippen LogP contribution in [0.5, 0.6) is 0 Å². The second kappa shape index (κ2) is 11.2. The fraction of sp³-hybridized carbons (Fsp3) is 0.188. The molecule has 18 nitrogen and oxygen atoms in total. The summed E-state index contributed by atoms with van der Waals surface area (Å²) in [6.07, 6.45) is 0.956. The van der Waals surface area contributed by atoms with Crippen molar-refractivity contribution in [1.29, 1.82) is 0 Å². The molecule has 25 heteroatoms. The Balaban J connectivity index is 0.00000533. The van der Waals surface area contributed by atoms with Crippen LogP contribution in [0.15, 0.2) is 39.0 Å². The standard InChI is InChI=1S/C16H19N7O11S4.3Mt/c1-35(24,25)19-3-2-18-15-21-14(17)22-16(23-15)20-8-4-10-11(12(5-8)37(29,30)31)6-9(36(26,27)28)7-13(10)38(32,33)34;;;/h4-7,19H,2-3H2,1H3,(H,26,27,28)(H,29,30,31)(H,32,33,34)(H4,17,18,20,21,22,23);;;. The van der Waals surface area contributed by atoms with Crippen molar-refractivity contribution in [1.82, 2.24) is 19.7 Å². The Morgan fingerprint density at radius 3 is 1.73 bits per heavy atom. The van der Waals surface area contributed by atoms with Crippen LogP contribution in [-0.2, 0) is 40.4 Å². The average Bonchev–Trinajstić information content (AvgIpc) is 2.72. The predicted molar refractivity (Wildman–Crippen MR) is 132 cm³/mol. The SMILES string of the molecule is CS(=O)(=O)NCCNc1nc(N)nc(Nc2cc(S(=O)(=O)O)c3cc(S(=O)(=O)O)cc(S(=O)(=O)O)c3c2)n1.[Mt].[Mt].[Mt]. The first-order valence-electron chi connectivity index (χ1n) is 9.75. The van der Waals surface area contributed by atoms with Crippen molar-refractivity contribution in [2.45, 2.75) is 14.7 Å². The van der Waals surface area contributed by atoms with Crippen molar-refractivity contribution in [3.05, 3.63) is 24.3 Å². The van der Waals surface area contributed by atoms with Crippen LogP contribution in [0.25, 0.3) is 10.8 Å². The smallest absolute Gasteiger partial charge is 0.295 e. The van der Waals surface area contributed by atoms with Gasteiger partial charge in [0.15, 0.2) is 0 Å². The summed E-state index contributed by atoms with van der Waals surface area (Å²) in [5.41, 5.74) is 5.36. The second-order valence-corrected chi connectivity index (χ2v) is 13.5. The Kier molecular flexibility index (Phi) is 9.53. The van der Waals surface area contributed by atoms with Gasteiger partial charge in [-0.25, -0.2) is 13.1 Å². The van der Waals surface area contributed by atoms with E-state index in [-0.39, 0.29) is 36.6 Å². The molecule has 1 heterocycles. The summed E-state index contributed by atoms with van der Waals surface area (Å²) in [4.78, 5) is 8.36. The number of hydrogen-bond acceptors (Lipinski definition) is 14. The molecule has 0 aliphatic carbocycles. The molecule has 214 valence electrons. The topological polar surface area (TPSA) is 298 Å². The number of nitrogens with two attached hydrogens (primary N) is 1. The molecule has 0 fully saturated rings. The molecule has 0 atom stereocenters. The van der Waals surface area contributed by atoms with Gasteiger partial charge in [0.25, 0.3) is 30.4 Å². The van der Waals surface area contributed by atoms with E-state index in [1.807, 2.05) is 0 Å². The third-order valence-corrected chi connectivity index (χ3v) is 7.85. The number of fused-ring (bicyclic) bond motifs is 1. The summed E-state index contributed by atoms with van der Waals surface area (Å²) in [6.45, 7) is -0.0216. The maximum absolute atomic E-state index is 12.1. The van der Waals surface area contributed by atoms with Crippen LogP contribution in [0, 0.1) is 0 Å². The molecule has 0 saturated heterocycles. The van der Waals surface area contributed by atoms with E-state index < -0.39 is 65.8 Å². The number of rotatable bonds is 10. The van der Waals surface area contributed by atoms with Crippen LogP contribution >= 0.6 is 0 Å². The number of aromatic nitrogens is 3. The fourth-order valence-electron chi connectivity index (χ4n) is 3.09. The molecule has 8 N–H and O–H groups in total. The molecule has 3 rings (SSSR count). The van der Waals surface area contributed by atoms with Gasteiger partial charge in [0.05, 0.1) is 11.2 Å². The van der Waals surface area contributed by atoms with Gasteiger partial charge < -0.3 is 16.4 Å². The first kappa shape index (κ1) is 34.8. The number of nitrogens with one attached hydrogen (secondary N) is 3. The van der Waals surface area contributed by atoms with Gasteiger partial charge in [0.1, 0.15) is 9.79 Å². The van der Waals surface area contributed by atoms with Gasteiger partial charge in [0.2, 0.25) is 27.9 Å². The number of nitrogen functional groups attached to an aromatic ring is 1. The predicted octanol–water partition coefficient (Wildman–Crippen LogP) is -0.948. The zero-order valence-corrected chi connectivity index (χ0v) is 44.0. The first-order valence-corrected chi connectivity index (χ1v) is 16.0. The van der Waals surface area contributed by atoms with Crippen molar-refractivity contribution >= 4 is 74.7 Å². The van der Waals surface area contributed by atoms with Crippen LogP contribution in [0.1, 0.15) is 0 Å². The Morgan fingerprint density at radius 1 is 0.707 bits per heavy atom. The maximum Gasteiger partial charge on any atom is 0.295 e. The minimum atomic E-state index is -5.20. The molecule has 0 amide bonds. The van der Waals surface area contributed by atoms with Crippen molar-refractivity contribution in [3.8, 4) is 0 Å². The second-order valence-electron chi connectivity index (χ2n) is 7.48. The Bertz CT molecular complexity index is 1880. The molecule has 0 aliphatic heterocycles. The van der Waals surface area contributed by atoms with E-state index in [0.717, 1.165) is 18.4 Å². The zero-order valence-electron chi connectivity index (χ0n) is 21.0. The van der Waals surface area contributed by atoms with Crippen molar-refractivity contribution in [2.75, 3.05) is 35.7 Å². The van der Waals surface area contributed by atoms with Gasteiger partial charge in [-0.2, -0.15) is 40.2 Å². The molecule has 3 aromatic rings. The van der Waals surface area contributed by atoms with Gasteiger partial charge in [0, 0.05) is 29.5 Å². The molecule has 0 aliphatic rings. The van der Waals surface area contributed by atoms with Crippen molar-refractivity contribution in [2.24, 2.45) is 0 Å². The normalized spacial score (nSPS) is 12.0. The fourth-order valence-corrected chi connectivity index (χ4v) is 5.61. The van der Waals surface area contributed by atoms with E-state index in [0.29, 0.717) is 12.1 Å². The van der Waals surface area contributed by atoms with Crippen LogP contribution < -0.4 is 21.1 Å². The quantitative estimate of drug-likeness (QED) is 0.0952. The number of benzene rings is 2. The molecular weight excluding hydrogens is 1430 g/mol. The maximum atomic E-state index is 12.1. The van der Waals surface area contributed by atoms with E-state index in [2.05, 4.69) is 30.3 Å². The summed E-state index contributed by atoms with van der Waals surface area (Å²) in [5.74, 6) is -0.796. The number of nitrogens with zero attached hydrogens (tertiary/aromatic N) is 3. The third-order valence-electron chi connectivity index (χ3n) is 4.50. The molecule has 0 bridgehead atoms. The van der Waals surface area contributed by atoms with E-state index in [1.54, 1.807) is 0 Å². The summed E-state index contributed by atoms with van der Waals surface area (Å²) < 4.78 is 125. The largest absolute Gasteiger partial charge is 0.368 e. The van der Waals surface area contributed by atoms with Crippen LogP contribution in [0.3, 0.4) is 0 Å². The van der Waals surface area contributed by atoms with Gasteiger partial charge in [-0.15, -0.1) is 0 Å². The van der Waals surface area contributed by atoms with Gasteiger partial charge in [-0.1, -0.05) is 0 Å². The summed E-state index contributed by atoms with van der Waals surface area (Å²) in [5, 5.41) is 3.94. The van der Waals surface area contributed by atoms with Crippen molar-refractivity contribution in [3.63, 3.8) is 0 Å². The molecule has 41 heavy (non-hydrogen) atoms. The Labute approximate surface area is 216 Å². The molecule has 0 saturated carbocycles. The Morgan fingerprint density at radius 2 is 1.22 bits per heavy atom. The minimum Gasteiger partial charge on any atom is -0.368 e. The molecule has 0 unspecified atom stereocenters. The van der Waals surface area contributed by atoms with Crippen LogP contribution in [0.4, 0.5) is 23.5 Å². The molecule has 1 aromatic heterocycles. The summed E-state index contributed by atoms with van der Waals surface area (Å²) in [7, 11) is -18.9. The molecule has 2 aromatic carbocycles. The van der Waals surface area contributed by atoms with Crippen LogP contribution in [0.2, 0.25) is 0 Å². The monoisotopic (exact) mass is 1450 g/mol. The van der Waals surface area contributed by atoms with E-state index in [9.17, 15) is 47.3 Å². The van der Waals surface area contributed by atoms with Crippen molar-refractivity contribution < 1.29 is 47.3 Å². The third kappa shape index (κ3) is 8.37. The first-order chi connectivity index (χ1) is 17.2. The minimum absolute atomic E-state index is 0. The number of hydrogen-bond donors (Lipinski definition) is 7. The average molecular weight is 1450 g/mol.